The Morgan fingerprint density at radius 2 is 1.81 bits per heavy atom. The molecule has 2 aliphatic rings. The van der Waals surface area contributed by atoms with Gasteiger partial charge in [-0.05, 0) is 30.5 Å². The van der Waals surface area contributed by atoms with Gasteiger partial charge in [-0.2, -0.15) is 0 Å². The molecule has 2 atom stereocenters. The number of aromatic nitrogens is 1. The number of piperidine rings is 1. The Kier molecular flexibility index (Phi) is 5.16. The zero-order chi connectivity index (χ0) is 18.6. The predicted molar refractivity (Wildman–Crippen MR) is 98.2 cm³/mol. The van der Waals surface area contributed by atoms with E-state index in [2.05, 4.69) is 4.98 Å². The number of pyridine rings is 1. The maximum absolute atomic E-state index is 12.8. The molecule has 4 rings (SSSR count). The first-order valence-electron chi connectivity index (χ1n) is 9.23. The van der Waals surface area contributed by atoms with Crippen LogP contribution in [0.5, 0.6) is 0 Å². The first kappa shape index (κ1) is 17.7. The molecule has 0 aliphatic carbocycles. The van der Waals surface area contributed by atoms with Crippen molar-refractivity contribution in [3.63, 3.8) is 0 Å². The van der Waals surface area contributed by atoms with Crippen molar-refractivity contribution < 1.29 is 19.1 Å². The van der Waals surface area contributed by atoms with Crippen LogP contribution in [-0.4, -0.2) is 47.1 Å². The molecule has 2 aliphatic heterocycles. The van der Waals surface area contributed by atoms with Crippen LogP contribution in [0.25, 0.3) is 0 Å². The number of carbonyl (C=O) groups is 2. The summed E-state index contributed by atoms with van der Waals surface area (Å²) in [4.78, 5) is 31.3. The molecule has 0 saturated carbocycles. The van der Waals surface area contributed by atoms with E-state index in [1.54, 1.807) is 29.4 Å². The van der Waals surface area contributed by atoms with Crippen LogP contribution < -0.4 is 0 Å². The second-order valence-electron chi connectivity index (χ2n) is 7.07. The van der Waals surface area contributed by atoms with Gasteiger partial charge in [0.1, 0.15) is 6.61 Å². The lowest BCUT2D eigenvalue weighted by atomic mass is 9.81. The summed E-state index contributed by atoms with van der Waals surface area (Å²) in [5.41, 5.74) is 1.58. The Labute approximate surface area is 158 Å². The van der Waals surface area contributed by atoms with E-state index >= 15 is 0 Å². The van der Waals surface area contributed by atoms with Crippen LogP contribution in [0.4, 0.5) is 4.79 Å². The molecule has 0 spiro atoms. The Morgan fingerprint density at radius 1 is 1.07 bits per heavy atom. The number of hydrogen-bond acceptors (Lipinski definition) is 5. The first-order valence-corrected chi connectivity index (χ1v) is 9.23. The molecule has 1 aromatic carbocycles. The van der Waals surface area contributed by atoms with Crippen LogP contribution in [0.2, 0.25) is 0 Å². The standard InChI is InChI=1S/C21H22N2O4/c24-20(16-7-4-8-22-11-16)17-9-18-13-26-14-19(10-17)23(18)21(25)27-12-15-5-2-1-3-6-15/h1-8,11,17-19H,9-10,12-14H2. The third-order valence-electron chi connectivity index (χ3n) is 5.25. The number of rotatable bonds is 4. The van der Waals surface area contributed by atoms with Crippen molar-refractivity contribution in [3.05, 3.63) is 66.0 Å². The quantitative estimate of drug-likeness (QED) is 0.778. The fraction of sp³-hybridized carbons (Fsp3) is 0.381. The molecule has 2 bridgehead atoms. The summed E-state index contributed by atoms with van der Waals surface area (Å²) >= 11 is 0. The van der Waals surface area contributed by atoms with Gasteiger partial charge in [-0.25, -0.2) is 4.79 Å². The molecule has 3 heterocycles. The minimum Gasteiger partial charge on any atom is -0.445 e. The lowest BCUT2D eigenvalue weighted by Crippen LogP contribution is -2.59. The van der Waals surface area contributed by atoms with Gasteiger partial charge >= 0.3 is 6.09 Å². The number of amides is 1. The van der Waals surface area contributed by atoms with E-state index in [4.69, 9.17) is 9.47 Å². The molecule has 2 fully saturated rings. The average molecular weight is 366 g/mol. The largest absolute Gasteiger partial charge is 0.445 e. The zero-order valence-electron chi connectivity index (χ0n) is 15.0. The van der Waals surface area contributed by atoms with Gasteiger partial charge in [-0.1, -0.05) is 30.3 Å². The fourth-order valence-electron chi connectivity index (χ4n) is 3.97. The monoisotopic (exact) mass is 366 g/mol. The fourth-order valence-corrected chi connectivity index (χ4v) is 3.97. The molecule has 6 heteroatoms. The highest BCUT2D eigenvalue weighted by atomic mass is 16.6. The molecular formula is C21H22N2O4. The van der Waals surface area contributed by atoms with Crippen LogP contribution in [0.15, 0.2) is 54.9 Å². The summed E-state index contributed by atoms with van der Waals surface area (Å²) in [6.07, 6.45) is 4.11. The molecule has 140 valence electrons. The number of benzene rings is 1. The molecule has 0 N–H and O–H groups in total. The number of ketones is 1. The number of nitrogens with zero attached hydrogens (tertiary/aromatic N) is 2. The summed E-state index contributed by atoms with van der Waals surface area (Å²) < 4.78 is 11.2. The number of ether oxygens (including phenoxy) is 2. The van der Waals surface area contributed by atoms with Gasteiger partial charge in [-0.3, -0.25) is 14.7 Å². The van der Waals surface area contributed by atoms with Crippen molar-refractivity contribution in [2.45, 2.75) is 31.5 Å². The minimum atomic E-state index is -0.329. The van der Waals surface area contributed by atoms with Gasteiger partial charge in [0.15, 0.2) is 5.78 Å². The number of morpholine rings is 1. The Balaban J connectivity index is 1.42. The predicted octanol–water partition coefficient (Wildman–Crippen LogP) is 3.08. The second-order valence-corrected chi connectivity index (χ2v) is 7.07. The molecule has 2 unspecified atom stereocenters. The van der Waals surface area contributed by atoms with E-state index in [-0.39, 0.29) is 36.5 Å². The molecule has 1 amide bonds. The van der Waals surface area contributed by atoms with E-state index in [0.29, 0.717) is 31.6 Å². The summed E-state index contributed by atoms with van der Waals surface area (Å²) in [6.45, 7) is 1.12. The van der Waals surface area contributed by atoms with Crippen molar-refractivity contribution in [2.24, 2.45) is 5.92 Å². The second kappa shape index (κ2) is 7.88. The molecule has 2 saturated heterocycles. The highest BCUT2D eigenvalue weighted by molar-refractivity contribution is 5.97. The highest BCUT2D eigenvalue weighted by Crippen LogP contribution is 2.34. The highest BCUT2D eigenvalue weighted by Gasteiger charge is 2.44. The molecule has 27 heavy (non-hydrogen) atoms. The SMILES string of the molecule is O=C(c1cccnc1)C1CC2COCC(C1)N2C(=O)OCc1ccccc1. The van der Waals surface area contributed by atoms with Gasteiger partial charge in [0, 0.05) is 23.9 Å². The van der Waals surface area contributed by atoms with E-state index in [9.17, 15) is 9.59 Å². The van der Waals surface area contributed by atoms with Crippen molar-refractivity contribution in [1.29, 1.82) is 0 Å². The average Bonchev–Trinajstić information content (AvgIpc) is 2.72. The molecule has 2 aromatic rings. The van der Waals surface area contributed by atoms with Gasteiger partial charge < -0.3 is 9.47 Å². The van der Waals surface area contributed by atoms with Crippen molar-refractivity contribution >= 4 is 11.9 Å². The van der Waals surface area contributed by atoms with Crippen molar-refractivity contribution in [1.82, 2.24) is 9.88 Å². The van der Waals surface area contributed by atoms with Crippen LogP contribution in [0, 0.1) is 5.92 Å². The van der Waals surface area contributed by atoms with E-state index in [1.165, 1.54) is 0 Å². The van der Waals surface area contributed by atoms with Crippen molar-refractivity contribution in [3.8, 4) is 0 Å². The zero-order valence-corrected chi connectivity index (χ0v) is 15.0. The lowest BCUT2D eigenvalue weighted by molar-refractivity contribution is -0.0755. The molecular weight excluding hydrogens is 344 g/mol. The summed E-state index contributed by atoms with van der Waals surface area (Å²) in [5.74, 6) is -0.0245. The summed E-state index contributed by atoms with van der Waals surface area (Å²) in [5, 5.41) is 0. The summed E-state index contributed by atoms with van der Waals surface area (Å²) in [7, 11) is 0. The van der Waals surface area contributed by atoms with Crippen LogP contribution in [0.1, 0.15) is 28.8 Å². The lowest BCUT2D eigenvalue weighted by Gasteiger charge is -2.47. The van der Waals surface area contributed by atoms with Gasteiger partial charge in [-0.15, -0.1) is 0 Å². The molecule has 1 aromatic heterocycles. The van der Waals surface area contributed by atoms with Crippen LogP contribution in [0.3, 0.4) is 0 Å². The third-order valence-corrected chi connectivity index (χ3v) is 5.25. The van der Waals surface area contributed by atoms with Gasteiger partial charge in [0.25, 0.3) is 0 Å². The van der Waals surface area contributed by atoms with Crippen LogP contribution >= 0.6 is 0 Å². The number of Topliss-reactive ketones (excluding diaryl/α,β-unsaturated/α-hetero) is 1. The number of carbonyl (C=O) groups excluding carboxylic acids is 2. The smallest absolute Gasteiger partial charge is 0.410 e. The Bertz CT molecular complexity index is 782. The molecule has 0 radical (unpaired) electrons. The number of hydrogen-bond donors (Lipinski definition) is 0. The normalized spacial score (nSPS) is 24.3. The van der Waals surface area contributed by atoms with Gasteiger partial charge in [0.2, 0.25) is 0 Å². The third kappa shape index (κ3) is 3.85. The maximum Gasteiger partial charge on any atom is 0.410 e. The minimum absolute atomic E-state index is 0.0947. The van der Waals surface area contributed by atoms with Crippen molar-refractivity contribution in [2.75, 3.05) is 13.2 Å². The topological polar surface area (TPSA) is 68.7 Å². The number of fused-ring (bicyclic) bond motifs is 2. The Hall–Kier alpha value is -2.73. The molecule has 6 nitrogen and oxygen atoms in total. The first-order chi connectivity index (χ1) is 13.2. The Morgan fingerprint density at radius 3 is 2.48 bits per heavy atom. The summed E-state index contributed by atoms with van der Waals surface area (Å²) in [6, 6.07) is 12.9. The van der Waals surface area contributed by atoms with E-state index in [1.807, 2.05) is 30.3 Å². The van der Waals surface area contributed by atoms with Gasteiger partial charge in [0.05, 0.1) is 25.3 Å². The van der Waals surface area contributed by atoms with E-state index in [0.717, 1.165) is 5.56 Å². The maximum atomic E-state index is 12.8. The van der Waals surface area contributed by atoms with Crippen LogP contribution in [-0.2, 0) is 16.1 Å². The van der Waals surface area contributed by atoms with E-state index < -0.39 is 0 Å².